The van der Waals surface area contributed by atoms with Gasteiger partial charge in [0.05, 0.1) is 0 Å². The molecule has 0 atom stereocenters. The Morgan fingerprint density at radius 1 is 0.833 bits per heavy atom. The minimum atomic E-state index is 0.0219. The monoisotopic (exact) mass is 311 g/mol. The summed E-state index contributed by atoms with van der Waals surface area (Å²) in [7, 11) is 2.08. The maximum atomic E-state index is 12.2. The van der Waals surface area contributed by atoms with Crippen molar-refractivity contribution in [3.63, 3.8) is 0 Å². The van der Waals surface area contributed by atoms with Crippen LogP contribution in [0.5, 0.6) is 0 Å². The van der Waals surface area contributed by atoms with E-state index in [2.05, 4.69) is 54.1 Å². The van der Waals surface area contributed by atoms with E-state index in [1.54, 1.807) is 6.08 Å². The van der Waals surface area contributed by atoms with E-state index in [1.807, 2.05) is 36.4 Å². The summed E-state index contributed by atoms with van der Waals surface area (Å²) < 4.78 is 2.20. The SMILES string of the molecule is Cn1c2ccccc2c2cc(/C=C/C(=O)c3ccccc3)ccc21. The van der Waals surface area contributed by atoms with E-state index in [0.717, 1.165) is 5.56 Å². The molecule has 0 bridgehead atoms. The van der Waals surface area contributed by atoms with E-state index in [1.165, 1.54) is 21.8 Å². The fraction of sp³-hybridized carbons (Fsp3) is 0.0455. The van der Waals surface area contributed by atoms with Crippen LogP contribution in [0.15, 0.2) is 78.9 Å². The number of rotatable bonds is 3. The largest absolute Gasteiger partial charge is 0.344 e. The molecule has 116 valence electrons. The zero-order valence-corrected chi connectivity index (χ0v) is 13.4. The number of carbonyl (C=O) groups excluding carboxylic acids is 1. The number of para-hydroxylation sites is 1. The first kappa shape index (κ1) is 14.5. The smallest absolute Gasteiger partial charge is 0.185 e. The van der Waals surface area contributed by atoms with Crippen molar-refractivity contribution in [2.75, 3.05) is 0 Å². The molecule has 2 nitrogen and oxygen atoms in total. The molecule has 0 fully saturated rings. The standard InChI is InChI=1S/C22H17NO/c1-23-20-10-6-5-9-18(20)19-15-16(11-13-21(19)23)12-14-22(24)17-7-3-2-4-8-17/h2-15H,1H3/b14-12+. The summed E-state index contributed by atoms with van der Waals surface area (Å²) in [5.41, 5.74) is 4.15. The Labute approximate surface area is 140 Å². The minimum absolute atomic E-state index is 0.0219. The number of aromatic nitrogens is 1. The fourth-order valence-electron chi connectivity index (χ4n) is 3.16. The molecular formula is C22H17NO. The van der Waals surface area contributed by atoms with Gasteiger partial charge in [0.25, 0.3) is 0 Å². The van der Waals surface area contributed by atoms with Crippen LogP contribution in [-0.2, 0) is 7.05 Å². The first-order valence-electron chi connectivity index (χ1n) is 7.99. The Morgan fingerprint density at radius 3 is 2.38 bits per heavy atom. The molecule has 0 N–H and O–H groups in total. The average molecular weight is 311 g/mol. The van der Waals surface area contributed by atoms with Crippen LogP contribution in [0.1, 0.15) is 15.9 Å². The van der Waals surface area contributed by atoms with Crippen molar-refractivity contribution in [3.8, 4) is 0 Å². The highest BCUT2D eigenvalue weighted by Crippen LogP contribution is 2.28. The van der Waals surface area contributed by atoms with Gasteiger partial charge in [0.1, 0.15) is 0 Å². The average Bonchev–Trinajstić information content (AvgIpc) is 2.93. The van der Waals surface area contributed by atoms with Gasteiger partial charge in [-0.3, -0.25) is 4.79 Å². The van der Waals surface area contributed by atoms with Crippen LogP contribution < -0.4 is 0 Å². The topological polar surface area (TPSA) is 22.0 Å². The first-order chi connectivity index (χ1) is 11.7. The molecule has 0 unspecified atom stereocenters. The van der Waals surface area contributed by atoms with Crippen molar-refractivity contribution in [3.05, 3.63) is 90.0 Å². The number of hydrogen-bond acceptors (Lipinski definition) is 1. The van der Waals surface area contributed by atoms with E-state index in [4.69, 9.17) is 0 Å². The van der Waals surface area contributed by atoms with Crippen LogP contribution in [-0.4, -0.2) is 10.4 Å². The highest BCUT2D eigenvalue weighted by atomic mass is 16.1. The predicted octanol–water partition coefficient (Wildman–Crippen LogP) is 5.23. The van der Waals surface area contributed by atoms with Crippen LogP contribution in [0.25, 0.3) is 27.9 Å². The van der Waals surface area contributed by atoms with Gasteiger partial charge in [-0.15, -0.1) is 0 Å². The zero-order valence-electron chi connectivity index (χ0n) is 13.4. The van der Waals surface area contributed by atoms with Gasteiger partial charge < -0.3 is 4.57 Å². The third-order valence-electron chi connectivity index (χ3n) is 4.42. The number of benzene rings is 3. The van der Waals surface area contributed by atoms with Gasteiger partial charge in [-0.05, 0) is 29.8 Å². The second kappa shape index (κ2) is 5.82. The van der Waals surface area contributed by atoms with Crippen LogP contribution in [0.4, 0.5) is 0 Å². The van der Waals surface area contributed by atoms with Crippen LogP contribution in [0.2, 0.25) is 0 Å². The van der Waals surface area contributed by atoms with E-state index in [9.17, 15) is 4.79 Å². The second-order valence-electron chi connectivity index (χ2n) is 5.92. The molecule has 0 aliphatic rings. The lowest BCUT2D eigenvalue weighted by Gasteiger charge is -1.99. The Balaban J connectivity index is 1.74. The van der Waals surface area contributed by atoms with Crippen molar-refractivity contribution in [1.29, 1.82) is 0 Å². The normalized spacial score (nSPS) is 11.5. The number of fused-ring (bicyclic) bond motifs is 3. The molecule has 1 aromatic heterocycles. The van der Waals surface area contributed by atoms with Gasteiger partial charge in [0.15, 0.2) is 5.78 Å². The summed E-state index contributed by atoms with van der Waals surface area (Å²) >= 11 is 0. The number of hydrogen-bond donors (Lipinski definition) is 0. The molecule has 0 aliphatic heterocycles. The molecule has 3 aromatic carbocycles. The van der Waals surface area contributed by atoms with E-state index >= 15 is 0 Å². The number of nitrogens with zero attached hydrogens (tertiary/aromatic N) is 1. The Morgan fingerprint density at radius 2 is 1.54 bits per heavy atom. The predicted molar refractivity (Wildman–Crippen MR) is 100 cm³/mol. The van der Waals surface area contributed by atoms with E-state index in [0.29, 0.717) is 5.56 Å². The maximum Gasteiger partial charge on any atom is 0.185 e. The van der Waals surface area contributed by atoms with Crippen molar-refractivity contribution >= 4 is 33.7 Å². The van der Waals surface area contributed by atoms with Gasteiger partial charge in [-0.2, -0.15) is 0 Å². The van der Waals surface area contributed by atoms with Gasteiger partial charge in [0.2, 0.25) is 0 Å². The highest BCUT2D eigenvalue weighted by Gasteiger charge is 2.07. The lowest BCUT2D eigenvalue weighted by atomic mass is 10.1. The molecule has 0 amide bonds. The molecule has 0 aliphatic carbocycles. The lowest BCUT2D eigenvalue weighted by Crippen LogP contribution is -1.92. The molecule has 1 heterocycles. The maximum absolute atomic E-state index is 12.2. The Bertz CT molecular complexity index is 1070. The van der Waals surface area contributed by atoms with Crippen LogP contribution in [0.3, 0.4) is 0 Å². The van der Waals surface area contributed by atoms with Crippen molar-refractivity contribution in [2.24, 2.45) is 7.05 Å². The van der Waals surface area contributed by atoms with Gasteiger partial charge in [-0.25, -0.2) is 0 Å². The summed E-state index contributed by atoms with van der Waals surface area (Å²) in [6.45, 7) is 0. The fourth-order valence-corrected chi connectivity index (χ4v) is 3.16. The number of aryl methyl sites for hydroxylation is 1. The molecule has 0 radical (unpaired) electrons. The van der Waals surface area contributed by atoms with Gasteiger partial charge in [0, 0.05) is 34.4 Å². The van der Waals surface area contributed by atoms with Crippen molar-refractivity contribution < 1.29 is 4.79 Å². The van der Waals surface area contributed by atoms with Crippen LogP contribution >= 0.6 is 0 Å². The van der Waals surface area contributed by atoms with Crippen molar-refractivity contribution in [1.82, 2.24) is 4.57 Å². The molecule has 0 saturated carbocycles. The Hall–Kier alpha value is -3.13. The number of allylic oxidation sites excluding steroid dienone is 1. The molecule has 24 heavy (non-hydrogen) atoms. The summed E-state index contributed by atoms with van der Waals surface area (Å²) in [6.07, 6.45) is 3.53. The lowest BCUT2D eigenvalue weighted by molar-refractivity contribution is 0.104. The zero-order chi connectivity index (χ0) is 16.5. The molecule has 4 aromatic rings. The summed E-state index contributed by atoms with van der Waals surface area (Å²) in [6, 6.07) is 24.0. The summed E-state index contributed by atoms with van der Waals surface area (Å²) in [4.78, 5) is 12.2. The third-order valence-corrected chi connectivity index (χ3v) is 4.42. The number of carbonyl (C=O) groups is 1. The second-order valence-corrected chi connectivity index (χ2v) is 5.92. The van der Waals surface area contributed by atoms with E-state index in [-0.39, 0.29) is 5.78 Å². The molecule has 0 saturated heterocycles. The molecule has 2 heteroatoms. The van der Waals surface area contributed by atoms with Gasteiger partial charge in [-0.1, -0.05) is 60.7 Å². The molecule has 4 rings (SSSR count). The first-order valence-corrected chi connectivity index (χ1v) is 7.99. The molecular weight excluding hydrogens is 294 g/mol. The van der Waals surface area contributed by atoms with Crippen LogP contribution in [0, 0.1) is 0 Å². The van der Waals surface area contributed by atoms with Crippen molar-refractivity contribution in [2.45, 2.75) is 0 Å². The summed E-state index contributed by atoms with van der Waals surface area (Å²) in [5, 5.41) is 2.45. The summed E-state index contributed by atoms with van der Waals surface area (Å²) in [5.74, 6) is 0.0219. The van der Waals surface area contributed by atoms with E-state index < -0.39 is 0 Å². The minimum Gasteiger partial charge on any atom is -0.344 e. The highest BCUT2D eigenvalue weighted by molar-refractivity contribution is 6.09. The number of ketones is 1. The third kappa shape index (κ3) is 2.42. The van der Waals surface area contributed by atoms with Gasteiger partial charge >= 0.3 is 0 Å². The molecule has 0 spiro atoms. The quantitative estimate of drug-likeness (QED) is 0.375. The Kier molecular flexibility index (Phi) is 3.51.